The smallest absolute Gasteiger partial charge is 0.0178 e. The van der Waals surface area contributed by atoms with Gasteiger partial charge in [-0.15, -0.1) is 5.35 Å². The van der Waals surface area contributed by atoms with Crippen molar-refractivity contribution in [3.63, 3.8) is 0 Å². The Labute approximate surface area is 151 Å². The Morgan fingerprint density at radius 2 is 2.08 bits per heavy atom. The Morgan fingerprint density at radius 1 is 1.38 bits per heavy atom. The molecule has 3 N–H and O–H groups in total. The molecule has 1 saturated heterocycles. The van der Waals surface area contributed by atoms with Crippen molar-refractivity contribution >= 4 is 18.4 Å². The van der Waals surface area contributed by atoms with Crippen LogP contribution in [0.3, 0.4) is 0 Å². The molecule has 136 valence electrons. The van der Waals surface area contributed by atoms with Crippen molar-refractivity contribution < 1.29 is 0 Å². The van der Waals surface area contributed by atoms with Crippen molar-refractivity contribution in [2.24, 2.45) is 5.73 Å². The van der Waals surface area contributed by atoms with Crippen molar-refractivity contribution in [2.45, 2.75) is 25.3 Å². The molecule has 0 radical (unpaired) electrons. The van der Waals surface area contributed by atoms with E-state index in [0.717, 1.165) is 47.8 Å². The summed E-state index contributed by atoms with van der Waals surface area (Å²) < 4.78 is 0. The van der Waals surface area contributed by atoms with Gasteiger partial charge in [0.1, 0.15) is 0 Å². The number of H-pyrrole nitrogens is 1. The van der Waals surface area contributed by atoms with Gasteiger partial charge in [0.05, 0.1) is 0 Å². The SMILES string of the molecule is [CH-]=c1c(C(=C)N2CCC(c3cccc(CN)c3)CC2)c[nH]/c1=C/[CH2-].[CH3-].[Rf]. The van der Waals surface area contributed by atoms with Gasteiger partial charge in [0.15, 0.2) is 0 Å². The predicted octanol–water partition coefficient (Wildman–Crippen LogP) is 2.68. The molecule has 1 aliphatic rings. The molecule has 3 rings (SSSR count). The van der Waals surface area contributed by atoms with E-state index >= 15 is 0 Å². The van der Waals surface area contributed by atoms with Gasteiger partial charge in [-0.3, -0.25) is 0 Å². The number of hydrogen-bond acceptors (Lipinski definition) is 2. The number of nitrogens with two attached hydrogens (primary N) is 1. The van der Waals surface area contributed by atoms with Crippen molar-refractivity contribution in [1.29, 1.82) is 0 Å². The molecule has 1 aromatic carbocycles. The third kappa shape index (κ3) is 3.81. The predicted molar refractivity (Wildman–Crippen MR) is 108 cm³/mol. The van der Waals surface area contributed by atoms with E-state index in [1.807, 2.05) is 6.20 Å². The molecule has 1 aliphatic heterocycles. The van der Waals surface area contributed by atoms with Crippen molar-refractivity contribution in [2.75, 3.05) is 13.1 Å². The maximum atomic E-state index is 6.17. The van der Waals surface area contributed by atoms with Crippen LogP contribution in [0, 0.1) is 14.4 Å². The van der Waals surface area contributed by atoms with Crippen LogP contribution in [0.5, 0.6) is 0 Å². The van der Waals surface area contributed by atoms with Gasteiger partial charge < -0.3 is 23.0 Å². The summed E-state index contributed by atoms with van der Waals surface area (Å²) in [5, 5.41) is 1.59. The van der Waals surface area contributed by atoms with Crippen LogP contribution in [0.15, 0.2) is 37.0 Å². The molecule has 2 aromatic rings. The number of benzene rings is 1. The van der Waals surface area contributed by atoms with E-state index in [0.29, 0.717) is 12.5 Å². The van der Waals surface area contributed by atoms with E-state index in [4.69, 9.17) is 12.3 Å². The fourth-order valence-electron chi connectivity index (χ4n) is 3.49. The molecule has 0 saturated carbocycles. The molecular formula is C22H28N3Rf-3. The van der Waals surface area contributed by atoms with Gasteiger partial charge in [-0.05, 0) is 35.6 Å². The van der Waals surface area contributed by atoms with Gasteiger partial charge in [0.25, 0.3) is 0 Å². The van der Waals surface area contributed by atoms with Crippen LogP contribution in [-0.4, -0.2) is 23.0 Å². The van der Waals surface area contributed by atoms with E-state index in [9.17, 15) is 0 Å². The molecule has 0 bridgehead atoms. The van der Waals surface area contributed by atoms with Gasteiger partial charge in [-0.1, -0.05) is 42.6 Å². The molecule has 0 atom stereocenters. The standard InChI is InChI=1S/C21H25N3.CH3.Rf/c1-4-21-15(2)20(14-23-21)16(3)24-10-8-18(9-11-24)19-7-5-6-17(12-19)13-22;;/h2,4-7,12,14,18,23H,1,3,8-11,13,22H2;1H3;/q-2;-1;/b21-4+;;. The molecule has 4 heteroatoms. The summed E-state index contributed by atoms with van der Waals surface area (Å²) in [7, 11) is 0. The van der Waals surface area contributed by atoms with E-state index in [-0.39, 0.29) is 7.43 Å². The number of aromatic nitrogens is 1. The summed E-state index contributed by atoms with van der Waals surface area (Å²) in [4.78, 5) is 5.48. The second-order valence-electron chi connectivity index (χ2n) is 6.39. The molecule has 26 heavy (non-hydrogen) atoms. The first-order valence-electron chi connectivity index (χ1n) is 8.46. The monoisotopic (exact) mass is 601 g/mol. The summed E-state index contributed by atoms with van der Waals surface area (Å²) in [5.41, 5.74) is 10.3. The van der Waals surface area contributed by atoms with E-state index in [1.165, 1.54) is 11.1 Å². The van der Waals surface area contributed by atoms with Crippen molar-refractivity contribution in [3.05, 3.63) is 78.6 Å². The summed E-state index contributed by atoms with van der Waals surface area (Å²) in [6.45, 7) is 16.8. The van der Waals surface area contributed by atoms with Gasteiger partial charge in [-0.2, -0.15) is 5.22 Å². The number of aromatic amines is 1. The van der Waals surface area contributed by atoms with E-state index < -0.39 is 0 Å². The third-order valence-electron chi connectivity index (χ3n) is 5.00. The molecule has 2 heterocycles. The second-order valence-corrected chi connectivity index (χ2v) is 6.39. The van der Waals surface area contributed by atoms with Gasteiger partial charge in [0, 0.05) is 19.6 Å². The van der Waals surface area contributed by atoms with Crippen LogP contribution in [0.25, 0.3) is 18.4 Å². The molecular weight excluding hydrogens is 573 g/mol. The normalized spacial score (nSPS) is 15.3. The number of nitrogens with one attached hydrogen (secondary N) is 1. The Bertz CT molecular complexity index is 829. The molecule has 0 aliphatic carbocycles. The number of likely N-dealkylation sites (tertiary alicyclic amines) is 1. The van der Waals surface area contributed by atoms with Gasteiger partial charge in [-0.25, -0.2) is 19.6 Å². The number of hydrogen-bond donors (Lipinski definition) is 2. The van der Waals surface area contributed by atoms with Crippen LogP contribution in [0.1, 0.15) is 35.4 Å². The average molecular weight is 601 g/mol. The second kappa shape index (κ2) is 8.63. The minimum atomic E-state index is 0. The first kappa shape index (κ1) is 20.7. The first-order chi connectivity index (χ1) is 11.6. The van der Waals surface area contributed by atoms with Crippen LogP contribution in [0.2, 0.25) is 0 Å². The summed E-state index contributed by atoms with van der Waals surface area (Å²) in [6.07, 6.45) is 5.89. The van der Waals surface area contributed by atoms with Crippen molar-refractivity contribution in [3.8, 4) is 0 Å². The quantitative estimate of drug-likeness (QED) is 0.530. The molecule has 0 amide bonds. The van der Waals surface area contributed by atoms with Crippen molar-refractivity contribution in [1.82, 2.24) is 9.88 Å². The Kier molecular flexibility index (Phi) is 6.86. The van der Waals surface area contributed by atoms with E-state index in [2.05, 4.69) is 47.7 Å². The third-order valence-corrected chi connectivity index (χ3v) is 5.00. The van der Waals surface area contributed by atoms with Crippen LogP contribution in [-0.2, 0) is 6.54 Å². The largest absolute Gasteiger partial charge is 0.450 e. The summed E-state index contributed by atoms with van der Waals surface area (Å²) in [6, 6.07) is 8.66. The van der Waals surface area contributed by atoms with Gasteiger partial charge >= 0.3 is 0 Å². The molecule has 0 unspecified atom stereocenters. The zero-order chi connectivity index (χ0) is 17.1. The fourth-order valence-corrected chi connectivity index (χ4v) is 3.49. The fraction of sp³-hybridized carbons (Fsp3) is 0.273. The maximum Gasteiger partial charge on any atom is 0.0178 e. The van der Waals surface area contributed by atoms with Crippen LogP contribution >= 0.6 is 0 Å². The van der Waals surface area contributed by atoms with Gasteiger partial charge in [0.2, 0.25) is 0 Å². The average Bonchev–Trinajstić information content (AvgIpc) is 3.02. The summed E-state index contributed by atoms with van der Waals surface area (Å²) in [5.74, 6) is 0.591. The number of piperidine rings is 1. The Balaban J connectivity index is 0.00000169. The molecule has 3 nitrogen and oxygen atoms in total. The van der Waals surface area contributed by atoms with Crippen LogP contribution in [0.4, 0.5) is 0 Å². The molecule has 1 fully saturated rings. The molecule has 1 aromatic heterocycles. The molecule has 0 spiro atoms. The maximum absolute atomic E-state index is 6.17. The zero-order valence-corrected chi connectivity index (χ0v) is 22.2. The Hall–Kier alpha value is -3.39. The number of nitrogens with zero attached hydrogens (tertiary/aromatic N) is 1. The minimum absolute atomic E-state index is 0. The zero-order valence-electron chi connectivity index (χ0n) is 15.8. The summed E-state index contributed by atoms with van der Waals surface area (Å²) >= 11 is 0. The topological polar surface area (TPSA) is 45.0 Å². The number of rotatable bonds is 4. The van der Waals surface area contributed by atoms with E-state index in [1.54, 1.807) is 6.08 Å². The Morgan fingerprint density at radius 3 is 2.65 bits per heavy atom. The first-order valence-corrected chi connectivity index (χ1v) is 8.46. The minimum Gasteiger partial charge on any atom is -0.450 e. The van der Waals surface area contributed by atoms with Crippen LogP contribution < -0.4 is 16.3 Å².